The maximum atomic E-state index is 12.8. The van der Waals surface area contributed by atoms with Crippen molar-refractivity contribution < 1.29 is 27.6 Å². The topological polar surface area (TPSA) is 90.5 Å². The number of alkyl halides is 3. The zero-order valence-corrected chi connectivity index (χ0v) is 16.3. The van der Waals surface area contributed by atoms with E-state index in [9.17, 15) is 27.6 Å². The maximum absolute atomic E-state index is 12.8. The lowest BCUT2D eigenvalue weighted by Crippen LogP contribution is -2.37. The highest BCUT2D eigenvalue weighted by Gasteiger charge is 2.30. The van der Waals surface area contributed by atoms with Gasteiger partial charge < -0.3 is 16.0 Å². The second-order valence-electron chi connectivity index (χ2n) is 6.51. The highest BCUT2D eigenvalue weighted by atomic mass is 19.4. The molecule has 2 rings (SSSR count). The summed E-state index contributed by atoms with van der Waals surface area (Å²) >= 11 is 0. The first-order valence-corrected chi connectivity index (χ1v) is 8.86. The number of hydrogen-bond acceptors (Lipinski definition) is 4. The van der Waals surface area contributed by atoms with Gasteiger partial charge in [0.05, 0.1) is 18.7 Å². The molecule has 0 aliphatic rings. The maximum Gasteiger partial charge on any atom is 0.416 e. The molecule has 0 atom stereocenters. The van der Waals surface area contributed by atoms with Gasteiger partial charge in [-0.25, -0.2) is 0 Å². The van der Waals surface area contributed by atoms with Crippen molar-refractivity contribution in [1.82, 2.24) is 10.2 Å². The molecule has 2 aromatic carbocycles. The van der Waals surface area contributed by atoms with Crippen molar-refractivity contribution in [3.63, 3.8) is 0 Å². The average Bonchev–Trinajstić information content (AvgIpc) is 2.67. The summed E-state index contributed by atoms with van der Waals surface area (Å²) in [6.45, 7) is -0.00255. The van der Waals surface area contributed by atoms with Gasteiger partial charge in [0.1, 0.15) is 0 Å². The average molecular weight is 422 g/mol. The van der Waals surface area contributed by atoms with Crippen LogP contribution in [0.1, 0.15) is 15.9 Å². The number of benzene rings is 2. The molecular formula is C20H21F3N4O3. The van der Waals surface area contributed by atoms with Gasteiger partial charge in [-0.05, 0) is 43.4 Å². The van der Waals surface area contributed by atoms with E-state index in [0.29, 0.717) is 5.69 Å². The van der Waals surface area contributed by atoms with E-state index in [1.807, 2.05) is 0 Å². The minimum atomic E-state index is -4.52. The summed E-state index contributed by atoms with van der Waals surface area (Å²) in [6.07, 6.45) is -4.52. The first-order chi connectivity index (χ1) is 14.1. The Labute approximate surface area is 171 Å². The lowest BCUT2D eigenvalue weighted by Gasteiger charge is -2.15. The zero-order valence-electron chi connectivity index (χ0n) is 16.3. The Morgan fingerprint density at radius 1 is 0.900 bits per heavy atom. The summed E-state index contributed by atoms with van der Waals surface area (Å²) in [4.78, 5) is 37.3. The molecule has 0 aromatic heterocycles. The number of nitrogens with zero attached hydrogens (tertiary/aromatic N) is 1. The van der Waals surface area contributed by atoms with Crippen LogP contribution in [0.15, 0.2) is 48.5 Å². The molecule has 2 aromatic rings. The Morgan fingerprint density at radius 3 is 2.13 bits per heavy atom. The number of halogens is 3. The number of carbonyl (C=O) groups is 3. The molecule has 3 N–H and O–H groups in total. The zero-order chi connectivity index (χ0) is 22.3. The van der Waals surface area contributed by atoms with Crippen LogP contribution in [-0.2, 0) is 15.8 Å². The van der Waals surface area contributed by atoms with Gasteiger partial charge in [-0.3, -0.25) is 19.3 Å². The van der Waals surface area contributed by atoms with Crippen LogP contribution in [0.4, 0.5) is 24.5 Å². The number of nitrogens with one attached hydrogen (secondary N) is 3. The van der Waals surface area contributed by atoms with Gasteiger partial charge in [0.2, 0.25) is 11.8 Å². The highest BCUT2D eigenvalue weighted by Crippen LogP contribution is 2.30. The Balaban J connectivity index is 2.02. The van der Waals surface area contributed by atoms with E-state index in [1.165, 1.54) is 42.3 Å². The molecule has 0 aliphatic heterocycles. The Bertz CT molecular complexity index is 932. The summed E-state index contributed by atoms with van der Waals surface area (Å²) in [6, 6.07) is 10.3. The monoisotopic (exact) mass is 422 g/mol. The van der Waals surface area contributed by atoms with E-state index < -0.39 is 23.6 Å². The van der Waals surface area contributed by atoms with E-state index >= 15 is 0 Å². The van der Waals surface area contributed by atoms with Crippen LogP contribution in [0.3, 0.4) is 0 Å². The van der Waals surface area contributed by atoms with Gasteiger partial charge in [-0.2, -0.15) is 13.2 Å². The van der Waals surface area contributed by atoms with Crippen molar-refractivity contribution >= 4 is 29.1 Å². The molecule has 0 saturated carbocycles. The van der Waals surface area contributed by atoms with E-state index in [0.717, 1.165) is 12.1 Å². The summed E-state index contributed by atoms with van der Waals surface area (Å²) in [7, 11) is 3.10. The van der Waals surface area contributed by atoms with Gasteiger partial charge in [0.15, 0.2) is 0 Å². The third-order valence-corrected chi connectivity index (χ3v) is 3.96. The fourth-order valence-electron chi connectivity index (χ4n) is 2.54. The largest absolute Gasteiger partial charge is 0.416 e. The van der Waals surface area contributed by atoms with Gasteiger partial charge in [-0.1, -0.05) is 12.1 Å². The molecule has 0 unspecified atom stereocenters. The third kappa shape index (κ3) is 6.89. The number of hydrogen-bond donors (Lipinski definition) is 3. The first-order valence-electron chi connectivity index (χ1n) is 8.86. The van der Waals surface area contributed by atoms with Crippen LogP contribution in [0.2, 0.25) is 0 Å². The van der Waals surface area contributed by atoms with Gasteiger partial charge in [-0.15, -0.1) is 0 Å². The summed E-state index contributed by atoms with van der Waals surface area (Å²) in [5.41, 5.74) is -0.378. The van der Waals surface area contributed by atoms with E-state index in [1.54, 1.807) is 13.1 Å². The molecule has 0 saturated heterocycles. The van der Waals surface area contributed by atoms with Crippen LogP contribution in [-0.4, -0.2) is 49.8 Å². The molecule has 0 fully saturated rings. The first kappa shape index (κ1) is 22.9. The lowest BCUT2D eigenvalue weighted by atomic mass is 10.1. The molecule has 7 nitrogen and oxygen atoms in total. The Morgan fingerprint density at radius 2 is 1.50 bits per heavy atom. The molecule has 3 amide bonds. The number of anilines is 2. The summed E-state index contributed by atoms with van der Waals surface area (Å²) in [5, 5.41) is 7.47. The Kier molecular flexibility index (Phi) is 7.54. The van der Waals surface area contributed by atoms with E-state index in [-0.39, 0.29) is 30.2 Å². The molecule has 0 bridgehead atoms. The van der Waals surface area contributed by atoms with Crippen LogP contribution in [0.5, 0.6) is 0 Å². The minimum Gasteiger partial charge on any atom is -0.358 e. The van der Waals surface area contributed by atoms with Crippen molar-refractivity contribution in [2.75, 3.05) is 37.8 Å². The molecule has 0 spiro atoms. The standard InChI is InChI=1S/C20H21F3N4O3/c1-24-17(28)11-27(2)12-18(29)25-15-7-3-5-13(9-15)19(30)26-16-8-4-6-14(10-16)20(21,22)23/h3-10H,11-12H2,1-2H3,(H,24,28)(H,25,29)(H,26,30). The van der Waals surface area contributed by atoms with Gasteiger partial charge in [0.25, 0.3) is 5.91 Å². The summed E-state index contributed by atoms with van der Waals surface area (Å²) < 4.78 is 38.4. The fourth-order valence-corrected chi connectivity index (χ4v) is 2.54. The number of amides is 3. The van der Waals surface area contributed by atoms with Crippen LogP contribution < -0.4 is 16.0 Å². The second-order valence-corrected chi connectivity index (χ2v) is 6.51. The van der Waals surface area contributed by atoms with Crippen molar-refractivity contribution in [1.29, 1.82) is 0 Å². The van der Waals surface area contributed by atoms with Gasteiger partial charge in [0, 0.05) is 24.0 Å². The fraction of sp³-hybridized carbons (Fsp3) is 0.250. The van der Waals surface area contributed by atoms with Crippen molar-refractivity contribution in [3.8, 4) is 0 Å². The number of carbonyl (C=O) groups excluding carboxylic acids is 3. The predicted octanol–water partition coefficient (Wildman–Crippen LogP) is 2.57. The molecule has 30 heavy (non-hydrogen) atoms. The molecule has 10 heteroatoms. The second kappa shape index (κ2) is 9.88. The van der Waals surface area contributed by atoms with E-state index in [2.05, 4.69) is 16.0 Å². The molecule has 0 aliphatic carbocycles. The highest BCUT2D eigenvalue weighted by molar-refractivity contribution is 6.05. The quantitative estimate of drug-likeness (QED) is 0.640. The predicted molar refractivity (Wildman–Crippen MR) is 106 cm³/mol. The van der Waals surface area contributed by atoms with E-state index in [4.69, 9.17) is 0 Å². The lowest BCUT2D eigenvalue weighted by molar-refractivity contribution is -0.137. The number of rotatable bonds is 7. The SMILES string of the molecule is CNC(=O)CN(C)CC(=O)Nc1cccc(C(=O)Nc2cccc(C(F)(F)F)c2)c1. The van der Waals surface area contributed by atoms with Crippen molar-refractivity contribution in [2.45, 2.75) is 6.18 Å². The minimum absolute atomic E-state index is 0.0000826. The van der Waals surface area contributed by atoms with Gasteiger partial charge >= 0.3 is 6.18 Å². The van der Waals surface area contributed by atoms with Crippen molar-refractivity contribution in [3.05, 3.63) is 59.7 Å². The smallest absolute Gasteiger partial charge is 0.358 e. The van der Waals surface area contributed by atoms with Crippen LogP contribution in [0, 0.1) is 0 Å². The van der Waals surface area contributed by atoms with Crippen molar-refractivity contribution in [2.24, 2.45) is 0 Å². The Hall–Kier alpha value is -3.40. The molecule has 160 valence electrons. The van der Waals surface area contributed by atoms with Crippen LogP contribution >= 0.6 is 0 Å². The summed E-state index contributed by atoms with van der Waals surface area (Å²) in [5.74, 6) is -1.25. The van der Waals surface area contributed by atoms with Crippen LogP contribution in [0.25, 0.3) is 0 Å². The third-order valence-electron chi connectivity index (χ3n) is 3.96. The molecule has 0 heterocycles. The molecule has 0 radical (unpaired) electrons. The number of likely N-dealkylation sites (N-methyl/N-ethyl adjacent to an activating group) is 2. The molecular weight excluding hydrogens is 401 g/mol. The normalized spacial score (nSPS) is 11.1.